The molecule has 6 heteroatoms. The van der Waals surface area contributed by atoms with Gasteiger partial charge in [0.25, 0.3) is 0 Å². The molecule has 1 unspecified atom stereocenters. The molecule has 0 radical (unpaired) electrons. The summed E-state index contributed by atoms with van der Waals surface area (Å²) in [5.74, 6) is 0.797. The number of ether oxygens (including phenoxy) is 2. The highest BCUT2D eigenvalue weighted by atomic mass is 16.5. The van der Waals surface area contributed by atoms with Gasteiger partial charge in [0.2, 0.25) is 0 Å². The molecule has 1 atom stereocenters. The zero-order valence-corrected chi connectivity index (χ0v) is 11.7. The van der Waals surface area contributed by atoms with Crippen LogP contribution in [0.5, 0.6) is 5.75 Å². The van der Waals surface area contributed by atoms with Crippen LogP contribution in [0, 0.1) is 5.92 Å². The van der Waals surface area contributed by atoms with E-state index in [1.807, 2.05) is 6.92 Å². The molecule has 0 amide bonds. The molecule has 0 saturated heterocycles. The zero-order valence-electron chi connectivity index (χ0n) is 11.7. The van der Waals surface area contributed by atoms with E-state index < -0.39 is 5.54 Å². The van der Waals surface area contributed by atoms with Crippen LogP contribution in [-0.2, 0) is 16.1 Å². The molecular formula is C13H21N3O3. The van der Waals surface area contributed by atoms with E-state index in [1.165, 1.54) is 0 Å². The van der Waals surface area contributed by atoms with Crippen LogP contribution in [0.4, 0.5) is 0 Å². The summed E-state index contributed by atoms with van der Waals surface area (Å²) in [4.78, 5) is 12.3. The minimum Gasteiger partial charge on any atom is -0.493 e. The SMILES string of the molecule is CCOC(=O)C(Cn1cc(OC)cn1)(NC)C1CC1. The molecule has 1 aromatic heterocycles. The van der Waals surface area contributed by atoms with Crippen LogP contribution < -0.4 is 10.1 Å². The van der Waals surface area contributed by atoms with Gasteiger partial charge in [0.1, 0.15) is 5.54 Å². The Morgan fingerprint density at radius 1 is 1.63 bits per heavy atom. The first-order valence-electron chi connectivity index (χ1n) is 6.59. The van der Waals surface area contributed by atoms with Gasteiger partial charge in [-0.25, -0.2) is 4.79 Å². The van der Waals surface area contributed by atoms with E-state index in [-0.39, 0.29) is 5.97 Å². The number of likely N-dealkylation sites (N-methyl/N-ethyl adjacent to an activating group) is 1. The van der Waals surface area contributed by atoms with E-state index in [2.05, 4.69) is 10.4 Å². The molecule has 0 aliphatic heterocycles. The maximum atomic E-state index is 12.3. The predicted octanol–water partition coefficient (Wildman–Crippen LogP) is 0.823. The number of carbonyl (C=O) groups is 1. The monoisotopic (exact) mass is 267 g/mol. The molecule has 2 rings (SSSR count). The minimum atomic E-state index is -0.687. The quantitative estimate of drug-likeness (QED) is 0.741. The van der Waals surface area contributed by atoms with Crippen molar-refractivity contribution in [3.05, 3.63) is 12.4 Å². The lowest BCUT2D eigenvalue weighted by atomic mass is 9.93. The normalized spacial score (nSPS) is 17.8. The summed E-state index contributed by atoms with van der Waals surface area (Å²) < 4.78 is 12.1. The molecule has 1 N–H and O–H groups in total. The summed E-state index contributed by atoms with van der Waals surface area (Å²) in [6.45, 7) is 2.66. The van der Waals surface area contributed by atoms with Crippen LogP contribution in [-0.4, -0.2) is 42.1 Å². The Kier molecular flexibility index (Phi) is 4.09. The highest BCUT2D eigenvalue weighted by molar-refractivity contribution is 5.81. The number of aromatic nitrogens is 2. The largest absolute Gasteiger partial charge is 0.493 e. The smallest absolute Gasteiger partial charge is 0.328 e. The van der Waals surface area contributed by atoms with Gasteiger partial charge in [-0.3, -0.25) is 4.68 Å². The Morgan fingerprint density at radius 3 is 2.84 bits per heavy atom. The first-order chi connectivity index (χ1) is 9.16. The van der Waals surface area contributed by atoms with Crippen molar-refractivity contribution in [1.82, 2.24) is 15.1 Å². The summed E-state index contributed by atoms with van der Waals surface area (Å²) in [7, 11) is 3.40. The van der Waals surface area contributed by atoms with Crippen LogP contribution in [0.2, 0.25) is 0 Å². The first kappa shape index (κ1) is 13.9. The number of rotatable bonds is 7. The van der Waals surface area contributed by atoms with Gasteiger partial charge in [0.05, 0.1) is 32.7 Å². The third-order valence-corrected chi connectivity index (χ3v) is 3.62. The molecule has 106 valence electrons. The summed E-state index contributed by atoms with van der Waals surface area (Å²) in [5, 5.41) is 7.38. The number of nitrogens with one attached hydrogen (secondary N) is 1. The number of carbonyl (C=O) groups excluding carboxylic acids is 1. The summed E-state index contributed by atoms with van der Waals surface area (Å²) in [6, 6.07) is 0. The second-order valence-corrected chi connectivity index (χ2v) is 4.79. The summed E-state index contributed by atoms with van der Waals surface area (Å²) in [5.41, 5.74) is -0.687. The molecule has 1 heterocycles. The maximum Gasteiger partial charge on any atom is 0.328 e. The molecule has 19 heavy (non-hydrogen) atoms. The van der Waals surface area contributed by atoms with Crippen molar-refractivity contribution in [2.45, 2.75) is 31.8 Å². The molecule has 1 aliphatic carbocycles. The number of esters is 1. The third kappa shape index (κ3) is 2.73. The van der Waals surface area contributed by atoms with E-state index in [0.29, 0.717) is 24.8 Å². The topological polar surface area (TPSA) is 65.4 Å². The Labute approximate surface area is 113 Å². The van der Waals surface area contributed by atoms with Gasteiger partial charge in [-0.1, -0.05) is 0 Å². The van der Waals surface area contributed by atoms with Crippen molar-refractivity contribution < 1.29 is 14.3 Å². The average Bonchev–Trinajstić information content (AvgIpc) is 3.17. The van der Waals surface area contributed by atoms with Gasteiger partial charge in [-0.15, -0.1) is 0 Å². The van der Waals surface area contributed by atoms with Crippen molar-refractivity contribution in [2.75, 3.05) is 20.8 Å². The van der Waals surface area contributed by atoms with Crippen LogP contribution in [0.15, 0.2) is 12.4 Å². The molecule has 6 nitrogen and oxygen atoms in total. The van der Waals surface area contributed by atoms with Crippen molar-refractivity contribution in [1.29, 1.82) is 0 Å². The lowest BCUT2D eigenvalue weighted by Crippen LogP contribution is -2.56. The van der Waals surface area contributed by atoms with E-state index >= 15 is 0 Å². The van der Waals surface area contributed by atoms with E-state index in [4.69, 9.17) is 9.47 Å². The van der Waals surface area contributed by atoms with Gasteiger partial charge in [-0.2, -0.15) is 5.10 Å². The van der Waals surface area contributed by atoms with Crippen molar-refractivity contribution in [2.24, 2.45) is 5.92 Å². The fraction of sp³-hybridized carbons (Fsp3) is 0.692. The summed E-state index contributed by atoms with van der Waals surface area (Å²) in [6.07, 6.45) is 5.50. The minimum absolute atomic E-state index is 0.200. The van der Waals surface area contributed by atoms with Crippen molar-refractivity contribution in [3.8, 4) is 5.75 Å². The molecule has 0 bridgehead atoms. The van der Waals surface area contributed by atoms with Crippen LogP contribution >= 0.6 is 0 Å². The highest BCUT2D eigenvalue weighted by Gasteiger charge is 2.51. The van der Waals surface area contributed by atoms with Crippen LogP contribution in [0.25, 0.3) is 0 Å². The van der Waals surface area contributed by atoms with E-state index in [0.717, 1.165) is 12.8 Å². The number of hydrogen-bond acceptors (Lipinski definition) is 5. The average molecular weight is 267 g/mol. The van der Waals surface area contributed by atoms with Gasteiger partial charge in [-0.05, 0) is 32.7 Å². The number of nitrogens with zero attached hydrogens (tertiary/aromatic N) is 2. The molecule has 0 spiro atoms. The fourth-order valence-electron chi connectivity index (χ4n) is 2.37. The zero-order chi connectivity index (χ0) is 13.9. The molecule has 1 fully saturated rings. The number of hydrogen-bond donors (Lipinski definition) is 1. The Bertz CT molecular complexity index is 442. The lowest BCUT2D eigenvalue weighted by Gasteiger charge is -2.31. The van der Waals surface area contributed by atoms with Crippen LogP contribution in [0.3, 0.4) is 0 Å². The van der Waals surface area contributed by atoms with Gasteiger partial charge in [0.15, 0.2) is 5.75 Å². The van der Waals surface area contributed by atoms with Gasteiger partial charge >= 0.3 is 5.97 Å². The van der Waals surface area contributed by atoms with Gasteiger partial charge < -0.3 is 14.8 Å². The molecule has 1 saturated carbocycles. The Hall–Kier alpha value is -1.56. The second-order valence-electron chi connectivity index (χ2n) is 4.79. The van der Waals surface area contributed by atoms with E-state index in [1.54, 1.807) is 31.2 Å². The maximum absolute atomic E-state index is 12.3. The van der Waals surface area contributed by atoms with Crippen molar-refractivity contribution >= 4 is 5.97 Å². The fourth-order valence-corrected chi connectivity index (χ4v) is 2.37. The molecular weight excluding hydrogens is 246 g/mol. The van der Waals surface area contributed by atoms with Crippen molar-refractivity contribution in [3.63, 3.8) is 0 Å². The lowest BCUT2D eigenvalue weighted by molar-refractivity contribution is -0.153. The number of methoxy groups -OCH3 is 1. The van der Waals surface area contributed by atoms with Gasteiger partial charge in [0, 0.05) is 0 Å². The van der Waals surface area contributed by atoms with Crippen LogP contribution in [0.1, 0.15) is 19.8 Å². The molecule has 1 aliphatic rings. The highest BCUT2D eigenvalue weighted by Crippen LogP contribution is 2.41. The predicted molar refractivity (Wildman–Crippen MR) is 69.9 cm³/mol. The standard InChI is InChI=1S/C13H21N3O3/c1-4-19-12(17)13(14-2,10-5-6-10)9-16-8-11(18-3)7-15-16/h7-8,10,14H,4-6,9H2,1-3H3. The first-order valence-corrected chi connectivity index (χ1v) is 6.59. The molecule has 0 aromatic carbocycles. The Balaban J connectivity index is 2.19. The molecule has 1 aromatic rings. The second kappa shape index (κ2) is 5.61. The summed E-state index contributed by atoms with van der Waals surface area (Å²) >= 11 is 0. The Morgan fingerprint density at radius 2 is 2.37 bits per heavy atom. The third-order valence-electron chi connectivity index (χ3n) is 3.62. The van der Waals surface area contributed by atoms with E-state index in [9.17, 15) is 4.79 Å².